The number of hydrogen-bond acceptors (Lipinski definition) is 3. The highest BCUT2D eigenvalue weighted by Crippen LogP contribution is 2.13. The second kappa shape index (κ2) is 7.04. The van der Waals surface area contributed by atoms with Crippen LogP contribution in [0.5, 0.6) is 0 Å². The van der Waals surface area contributed by atoms with Gasteiger partial charge in [-0.3, -0.25) is 4.79 Å². The average Bonchev–Trinajstić information content (AvgIpc) is 2.79. The van der Waals surface area contributed by atoms with Crippen LogP contribution in [0.25, 0.3) is 6.08 Å². The van der Waals surface area contributed by atoms with E-state index in [2.05, 4.69) is 26.5 Å². The maximum atomic E-state index is 11.9. The van der Waals surface area contributed by atoms with Gasteiger partial charge in [-0.2, -0.15) is 5.10 Å². The van der Waals surface area contributed by atoms with Gasteiger partial charge in [-0.1, -0.05) is 30.3 Å². The van der Waals surface area contributed by atoms with E-state index in [1.165, 1.54) is 6.21 Å². The molecule has 108 valence electrons. The number of halogens is 1. The fourth-order valence-corrected chi connectivity index (χ4v) is 2.18. The summed E-state index contributed by atoms with van der Waals surface area (Å²) in [5.74, 6) is 0.992. The summed E-state index contributed by atoms with van der Waals surface area (Å²) in [6.45, 7) is 3.54. The van der Waals surface area contributed by atoms with Crippen LogP contribution in [-0.4, -0.2) is 12.1 Å². The maximum absolute atomic E-state index is 11.9. The molecular formula is C16H15BrN2O2. The lowest BCUT2D eigenvalue weighted by molar-refractivity contribution is 0.0953. The molecule has 1 amide bonds. The Labute approximate surface area is 131 Å². The highest BCUT2D eigenvalue weighted by Gasteiger charge is 2.12. The maximum Gasteiger partial charge on any atom is 0.274 e. The number of carbonyl (C=O) groups excluding carboxylic acids is 1. The number of furan rings is 1. The highest BCUT2D eigenvalue weighted by molar-refractivity contribution is 9.12. The SMILES string of the molecule is Cc1cc(C(=O)N/N=C\C(Br)=C/c2ccccc2)c(C)o1. The van der Waals surface area contributed by atoms with Crippen LogP contribution in [0, 0.1) is 13.8 Å². The van der Waals surface area contributed by atoms with Crippen molar-refractivity contribution in [2.75, 3.05) is 0 Å². The molecule has 1 aromatic heterocycles. The number of hydrazone groups is 1. The number of nitrogens with zero attached hydrogens (tertiary/aromatic N) is 1. The minimum Gasteiger partial charge on any atom is -0.466 e. The quantitative estimate of drug-likeness (QED) is 0.670. The number of allylic oxidation sites excluding steroid dienone is 1. The molecule has 4 nitrogen and oxygen atoms in total. The van der Waals surface area contributed by atoms with Crippen LogP contribution in [0.3, 0.4) is 0 Å². The first-order valence-electron chi connectivity index (χ1n) is 6.39. The molecule has 0 saturated heterocycles. The van der Waals surface area contributed by atoms with Crippen molar-refractivity contribution < 1.29 is 9.21 Å². The van der Waals surface area contributed by atoms with Gasteiger partial charge in [-0.15, -0.1) is 0 Å². The lowest BCUT2D eigenvalue weighted by Crippen LogP contribution is -2.17. The van der Waals surface area contributed by atoms with Gasteiger partial charge in [0.05, 0.1) is 11.8 Å². The van der Waals surface area contributed by atoms with E-state index in [9.17, 15) is 4.79 Å². The molecule has 0 aliphatic heterocycles. The molecule has 0 unspecified atom stereocenters. The molecule has 2 rings (SSSR count). The molecule has 0 fully saturated rings. The van der Waals surface area contributed by atoms with Gasteiger partial charge >= 0.3 is 0 Å². The Balaban J connectivity index is 1.97. The van der Waals surface area contributed by atoms with Crippen molar-refractivity contribution in [3.63, 3.8) is 0 Å². The molecular weight excluding hydrogens is 332 g/mol. The minimum atomic E-state index is -0.291. The molecule has 5 heteroatoms. The standard InChI is InChI=1S/C16H15BrN2O2/c1-11-8-15(12(2)21-11)16(20)19-18-10-14(17)9-13-6-4-3-5-7-13/h3-10H,1-2H3,(H,19,20)/b14-9+,18-10-. The number of hydrogen-bond donors (Lipinski definition) is 1. The van der Waals surface area contributed by atoms with Gasteiger partial charge in [-0.05, 0) is 47.5 Å². The Morgan fingerprint density at radius 1 is 1.29 bits per heavy atom. The van der Waals surface area contributed by atoms with Crippen LogP contribution < -0.4 is 5.43 Å². The zero-order chi connectivity index (χ0) is 15.2. The summed E-state index contributed by atoms with van der Waals surface area (Å²) in [4.78, 5) is 11.9. The van der Waals surface area contributed by atoms with E-state index in [0.717, 1.165) is 10.0 Å². The fraction of sp³-hybridized carbons (Fsp3) is 0.125. The molecule has 1 aromatic carbocycles. The third-order valence-electron chi connectivity index (χ3n) is 2.74. The Morgan fingerprint density at radius 2 is 2.00 bits per heavy atom. The molecule has 0 aliphatic rings. The lowest BCUT2D eigenvalue weighted by Gasteiger charge is -1.97. The van der Waals surface area contributed by atoms with Crippen LogP contribution in [0.15, 0.2) is 50.4 Å². The molecule has 21 heavy (non-hydrogen) atoms. The second-order valence-corrected chi connectivity index (χ2v) is 5.38. The van der Waals surface area contributed by atoms with Gasteiger partial charge in [0.1, 0.15) is 11.5 Å². The predicted octanol–water partition coefficient (Wildman–Crippen LogP) is 4.05. The molecule has 0 spiro atoms. The van der Waals surface area contributed by atoms with Gasteiger partial charge in [-0.25, -0.2) is 5.43 Å². The Morgan fingerprint density at radius 3 is 2.62 bits per heavy atom. The van der Waals surface area contributed by atoms with Gasteiger partial charge < -0.3 is 4.42 Å². The van der Waals surface area contributed by atoms with E-state index in [1.807, 2.05) is 36.4 Å². The van der Waals surface area contributed by atoms with Crippen molar-refractivity contribution in [2.45, 2.75) is 13.8 Å². The second-order valence-electron chi connectivity index (χ2n) is 4.47. The Bertz CT molecular complexity index is 688. The average molecular weight is 347 g/mol. The van der Waals surface area contributed by atoms with Crippen molar-refractivity contribution in [2.24, 2.45) is 5.10 Å². The first-order valence-corrected chi connectivity index (χ1v) is 7.18. The molecule has 1 N–H and O–H groups in total. The molecule has 0 aliphatic carbocycles. The van der Waals surface area contributed by atoms with Gasteiger partial charge in [0.15, 0.2) is 0 Å². The number of amides is 1. The van der Waals surface area contributed by atoms with Crippen molar-refractivity contribution in [3.05, 3.63) is 63.5 Å². The van der Waals surface area contributed by atoms with Crippen molar-refractivity contribution in [1.29, 1.82) is 0 Å². The molecule has 0 bridgehead atoms. The first kappa shape index (κ1) is 15.3. The van der Waals surface area contributed by atoms with Crippen LogP contribution in [-0.2, 0) is 0 Å². The third kappa shape index (κ3) is 4.43. The van der Waals surface area contributed by atoms with E-state index in [0.29, 0.717) is 17.1 Å². The number of carbonyl (C=O) groups is 1. The largest absolute Gasteiger partial charge is 0.466 e. The molecule has 0 atom stereocenters. The van der Waals surface area contributed by atoms with E-state index < -0.39 is 0 Å². The van der Waals surface area contributed by atoms with Crippen molar-refractivity contribution in [1.82, 2.24) is 5.43 Å². The van der Waals surface area contributed by atoms with Gasteiger partial charge in [0, 0.05) is 4.48 Å². The summed E-state index contributed by atoms with van der Waals surface area (Å²) in [5, 5.41) is 3.91. The third-order valence-corrected chi connectivity index (χ3v) is 3.18. The number of nitrogens with one attached hydrogen (secondary N) is 1. The highest BCUT2D eigenvalue weighted by atomic mass is 79.9. The summed E-state index contributed by atoms with van der Waals surface area (Å²) in [6.07, 6.45) is 3.44. The monoisotopic (exact) mass is 346 g/mol. The molecule has 2 aromatic rings. The van der Waals surface area contributed by atoms with E-state index in [1.54, 1.807) is 19.9 Å². The Hall–Kier alpha value is -2.14. The molecule has 1 heterocycles. The summed E-state index contributed by atoms with van der Waals surface area (Å²) in [6, 6.07) is 11.5. The number of benzene rings is 1. The minimum absolute atomic E-state index is 0.291. The van der Waals surface area contributed by atoms with Crippen LogP contribution in [0.1, 0.15) is 27.4 Å². The van der Waals surface area contributed by atoms with Crippen LogP contribution >= 0.6 is 15.9 Å². The topological polar surface area (TPSA) is 54.6 Å². The van der Waals surface area contributed by atoms with Crippen LogP contribution in [0.4, 0.5) is 0 Å². The number of rotatable bonds is 4. The Kier molecular flexibility index (Phi) is 5.11. The molecule has 0 saturated carbocycles. The van der Waals surface area contributed by atoms with Gasteiger partial charge in [0.2, 0.25) is 0 Å². The zero-order valence-electron chi connectivity index (χ0n) is 11.8. The fourth-order valence-electron chi connectivity index (χ4n) is 1.81. The summed E-state index contributed by atoms with van der Waals surface area (Å²) >= 11 is 3.38. The van der Waals surface area contributed by atoms with E-state index >= 15 is 0 Å². The van der Waals surface area contributed by atoms with E-state index in [4.69, 9.17) is 4.42 Å². The summed E-state index contributed by atoms with van der Waals surface area (Å²) < 4.78 is 6.07. The predicted molar refractivity (Wildman–Crippen MR) is 87.5 cm³/mol. The van der Waals surface area contributed by atoms with Crippen molar-refractivity contribution >= 4 is 34.1 Å². The van der Waals surface area contributed by atoms with Crippen LogP contribution in [0.2, 0.25) is 0 Å². The van der Waals surface area contributed by atoms with E-state index in [-0.39, 0.29) is 5.91 Å². The first-order chi connectivity index (χ1) is 10.1. The summed E-state index contributed by atoms with van der Waals surface area (Å²) in [7, 11) is 0. The normalized spacial score (nSPS) is 11.9. The smallest absolute Gasteiger partial charge is 0.274 e. The number of aryl methyl sites for hydroxylation is 2. The molecule has 0 radical (unpaired) electrons. The summed E-state index contributed by atoms with van der Waals surface area (Å²) in [5.41, 5.74) is 4.01. The van der Waals surface area contributed by atoms with Crippen molar-refractivity contribution in [3.8, 4) is 0 Å². The zero-order valence-corrected chi connectivity index (χ0v) is 13.3. The lowest BCUT2D eigenvalue weighted by atomic mass is 10.2. The van der Waals surface area contributed by atoms with Gasteiger partial charge in [0.25, 0.3) is 5.91 Å².